The molecule has 7 heteroatoms. The largest absolute Gasteiger partial charge is 0.466 e. The number of ether oxygens (including phenoxy) is 1. The fraction of sp³-hybridized carbons (Fsp3) is 0.455. The van der Waals surface area contributed by atoms with Crippen LogP contribution < -0.4 is 0 Å². The second-order valence-electron chi connectivity index (χ2n) is 3.39. The molecule has 0 aliphatic heterocycles. The molecule has 0 aliphatic rings. The van der Waals surface area contributed by atoms with Crippen molar-refractivity contribution in [3.8, 4) is 0 Å². The highest BCUT2D eigenvalue weighted by Crippen LogP contribution is 2.30. The maximum absolute atomic E-state index is 12.8. The van der Waals surface area contributed by atoms with Crippen LogP contribution in [0.3, 0.4) is 0 Å². The number of aromatic nitrogens is 1. The van der Waals surface area contributed by atoms with Gasteiger partial charge in [-0.3, -0.25) is 9.78 Å². The third-order valence-corrected chi connectivity index (χ3v) is 3.30. The zero-order valence-electron chi connectivity index (χ0n) is 9.55. The third-order valence-electron chi connectivity index (χ3n) is 2.09. The molecule has 100 valence electrons. The highest BCUT2D eigenvalue weighted by molar-refractivity contribution is 9.10. The molecule has 0 radical (unpaired) electrons. The van der Waals surface area contributed by atoms with Crippen LogP contribution >= 0.6 is 27.5 Å². The molecule has 0 unspecified atom stereocenters. The summed E-state index contributed by atoms with van der Waals surface area (Å²) in [6.45, 7) is 1.90. The molecule has 1 aromatic rings. The van der Waals surface area contributed by atoms with Crippen LogP contribution in [0.2, 0.25) is 0 Å². The van der Waals surface area contributed by atoms with Crippen molar-refractivity contribution >= 4 is 33.5 Å². The fourth-order valence-corrected chi connectivity index (χ4v) is 2.25. The monoisotopic (exact) mass is 341 g/mol. The Bertz CT molecular complexity index is 443. The van der Waals surface area contributed by atoms with E-state index in [0.717, 1.165) is 0 Å². The lowest BCUT2D eigenvalue weighted by Gasteiger charge is -2.10. The number of carbonyl (C=O) groups is 1. The first-order chi connectivity index (χ1) is 8.49. The Kier molecular flexibility index (Phi) is 5.95. The highest BCUT2D eigenvalue weighted by atomic mass is 79.9. The van der Waals surface area contributed by atoms with Crippen LogP contribution in [0.4, 0.5) is 8.78 Å². The summed E-state index contributed by atoms with van der Waals surface area (Å²) in [7, 11) is 0. The Labute approximate surface area is 117 Å². The Morgan fingerprint density at radius 2 is 2.28 bits per heavy atom. The van der Waals surface area contributed by atoms with E-state index in [9.17, 15) is 13.6 Å². The van der Waals surface area contributed by atoms with E-state index < -0.39 is 18.1 Å². The summed E-state index contributed by atoms with van der Waals surface area (Å²) < 4.78 is 30.4. The van der Waals surface area contributed by atoms with Crippen LogP contribution in [0.25, 0.3) is 0 Å². The van der Waals surface area contributed by atoms with Crippen molar-refractivity contribution in [1.82, 2.24) is 4.98 Å². The number of pyridine rings is 1. The molecule has 0 fully saturated rings. The Morgan fingerprint density at radius 1 is 1.61 bits per heavy atom. The van der Waals surface area contributed by atoms with Crippen molar-refractivity contribution < 1.29 is 18.3 Å². The standard InChI is InChI=1S/C11H11BrClF2NO2/c1-2-18-8(17)4-7-3-6(5-13)9(12)10(16-7)11(14)15/h3,11H,2,4-5H2,1H3. The number of esters is 1. The summed E-state index contributed by atoms with van der Waals surface area (Å²) in [5.41, 5.74) is 0.288. The van der Waals surface area contributed by atoms with Gasteiger partial charge in [-0.25, -0.2) is 8.78 Å². The van der Waals surface area contributed by atoms with Crippen LogP contribution in [0.5, 0.6) is 0 Å². The third kappa shape index (κ3) is 3.88. The molecular formula is C11H11BrClF2NO2. The Balaban J connectivity index is 3.06. The lowest BCUT2D eigenvalue weighted by atomic mass is 10.1. The molecule has 0 aromatic carbocycles. The predicted octanol–water partition coefficient (Wildman–Crippen LogP) is 3.63. The maximum atomic E-state index is 12.8. The first kappa shape index (κ1) is 15.3. The van der Waals surface area contributed by atoms with E-state index >= 15 is 0 Å². The van der Waals surface area contributed by atoms with Crippen LogP contribution in [0, 0.1) is 0 Å². The topological polar surface area (TPSA) is 39.2 Å². The lowest BCUT2D eigenvalue weighted by Crippen LogP contribution is -2.10. The zero-order valence-corrected chi connectivity index (χ0v) is 11.9. The van der Waals surface area contributed by atoms with Gasteiger partial charge in [0.25, 0.3) is 6.43 Å². The highest BCUT2D eigenvalue weighted by Gasteiger charge is 2.19. The molecule has 0 saturated heterocycles. The summed E-state index contributed by atoms with van der Waals surface area (Å²) in [6, 6.07) is 1.51. The van der Waals surface area contributed by atoms with Gasteiger partial charge >= 0.3 is 5.97 Å². The van der Waals surface area contributed by atoms with Gasteiger partial charge in [-0.15, -0.1) is 11.6 Å². The van der Waals surface area contributed by atoms with Crippen LogP contribution in [0.1, 0.15) is 30.3 Å². The molecule has 0 saturated carbocycles. The SMILES string of the molecule is CCOC(=O)Cc1cc(CCl)c(Br)c(C(F)F)n1. The van der Waals surface area contributed by atoms with Gasteiger partial charge in [0, 0.05) is 10.4 Å². The summed E-state index contributed by atoms with van der Waals surface area (Å²) in [5.74, 6) is -0.452. The molecule has 0 N–H and O–H groups in total. The normalized spacial score (nSPS) is 10.8. The summed E-state index contributed by atoms with van der Waals surface area (Å²) in [5, 5.41) is 0. The predicted molar refractivity (Wildman–Crippen MR) is 66.8 cm³/mol. The van der Waals surface area contributed by atoms with E-state index in [2.05, 4.69) is 20.9 Å². The van der Waals surface area contributed by atoms with Crippen molar-refractivity contribution in [2.75, 3.05) is 6.61 Å². The molecule has 0 amide bonds. The van der Waals surface area contributed by atoms with Crippen molar-refractivity contribution in [2.45, 2.75) is 25.7 Å². The van der Waals surface area contributed by atoms with Gasteiger partial charge < -0.3 is 4.74 Å². The number of rotatable bonds is 5. The number of nitrogens with zero attached hydrogens (tertiary/aromatic N) is 1. The number of halogens is 4. The number of carbonyl (C=O) groups excluding carboxylic acids is 1. The first-order valence-electron chi connectivity index (χ1n) is 5.17. The van der Waals surface area contributed by atoms with Crippen LogP contribution in [-0.4, -0.2) is 17.6 Å². The molecule has 1 rings (SSSR count). The van der Waals surface area contributed by atoms with Crippen molar-refractivity contribution in [1.29, 1.82) is 0 Å². The number of hydrogen-bond acceptors (Lipinski definition) is 3. The molecule has 1 aromatic heterocycles. The Morgan fingerprint density at radius 3 is 2.78 bits per heavy atom. The summed E-state index contributed by atoms with van der Waals surface area (Å²) in [4.78, 5) is 15.0. The second kappa shape index (κ2) is 6.99. The van der Waals surface area contributed by atoms with E-state index in [1.165, 1.54) is 6.07 Å². The molecule has 0 spiro atoms. The molecule has 1 heterocycles. The molecule has 0 aliphatic carbocycles. The molecular weight excluding hydrogens is 331 g/mol. The molecule has 18 heavy (non-hydrogen) atoms. The second-order valence-corrected chi connectivity index (χ2v) is 4.45. The van der Waals surface area contributed by atoms with E-state index in [1.807, 2.05) is 0 Å². The summed E-state index contributed by atoms with van der Waals surface area (Å²) >= 11 is 8.69. The van der Waals surface area contributed by atoms with Gasteiger partial charge in [-0.1, -0.05) is 0 Å². The quantitative estimate of drug-likeness (QED) is 0.606. The van der Waals surface area contributed by atoms with Gasteiger partial charge in [-0.05, 0) is 34.5 Å². The van der Waals surface area contributed by atoms with Gasteiger partial charge in [0.2, 0.25) is 0 Å². The number of alkyl halides is 3. The van der Waals surface area contributed by atoms with Crippen molar-refractivity contribution in [3.63, 3.8) is 0 Å². The van der Waals surface area contributed by atoms with E-state index in [-0.39, 0.29) is 29.1 Å². The fourth-order valence-electron chi connectivity index (χ4n) is 1.36. The van der Waals surface area contributed by atoms with Crippen molar-refractivity contribution in [3.05, 3.63) is 27.5 Å². The summed E-state index contributed by atoms with van der Waals surface area (Å²) in [6.07, 6.45) is -2.88. The van der Waals surface area contributed by atoms with Gasteiger partial charge in [-0.2, -0.15) is 0 Å². The molecule has 0 atom stereocenters. The van der Waals surface area contributed by atoms with E-state index in [4.69, 9.17) is 16.3 Å². The minimum Gasteiger partial charge on any atom is -0.466 e. The Hall–Kier alpha value is -0.750. The lowest BCUT2D eigenvalue weighted by molar-refractivity contribution is -0.142. The molecule has 0 bridgehead atoms. The van der Waals surface area contributed by atoms with E-state index in [0.29, 0.717) is 5.56 Å². The number of hydrogen-bond donors (Lipinski definition) is 0. The van der Waals surface area contributed by atoms with Gasteiger partial charge in [0.1, 0.15) is 5.69 Å². The average Bonchev–Trinajstić information content (AvgIpc) is 2.31. The minimum atomic E-state index is -2.73. The van der Waals surface area contributed by atoms with Gasteiger partial charge in [0.05, 0.1) is 18.7 Å². The zero-order chi connectivity index (χ0) is 13.7. The van der Waals surface area contributed by atoms with Crippen molar-refractivity contribution in [2.24, 2.45) is 0 Å². The maximum Gasteiger partial charge on any atom is 0.311 e. The smallest absolute Gasteiger partial charge is 0.311 e. The van der Waals surface area contributed by atoms with Crippen LogP contribution in [0.15, 0.2) is 10.5 Å². The van der Waals surface area contributed by atoms with Gasteiger partial charge in [0.15, 0.2) is 0 Å². The van der Waals surface area contributed by atoms with E-state index in [1.54, 1.807) is 6.92 Å². The molecule has 3 nitrogen and oxygen atoms in total. The van der Waals surface area contributed by atoms with Crippen LogP contribution in [-0.2, 0) is 21.8 Å². The average molecular weight is 343 g/mol. The first-order valence-corrected chi connectivity index (χ1v) is 6.50. The minimum absolute atomic E-state index is 0.0542.